The highest BCUT2D eigenvalue weighted by atomic mass is 35.5. The van der Waals surface area contributed by atoms with Gasteiger partial charge in [-0.2, -0.15) is 0 Å². The third-order valence-corrected chi connectivity index (χ3v) is 5.50. The number of carbonyl (C=O) groups is 1. The van der Waals surface area contributed by atoms with Gasteiger partial charge in [-0.1, -0.05) is 23.2 Å². The fraction of sp³-hybridized carbons (Fsp3) is 0.188. The van der Waals surface area contributed by atoms with E-state index in [1.807, 2.05) is 0 Å². The lowest BCUT2D eigenvalue weighted by Gasteiger charge is -2.12. The number of rotatable bonds is 2. The Hall–Kier alpha value is -2.09. The molecule has 2 N–H and O–H groups in total. The number of anilines is 1. The van der Waals surface area contributed by atoms with E-state index in [1.165, 1.54) is 18.4 Å². The summed E-state index contributed by atoms with van der Waals surface area (Å²) in [6.07, 6.45) is 0.657. The Bertz CT molecular complexity index is 1040. The Morgan fingerprint density at radius 1 is 1.32 bits per heavy atom. The molecule has 3 heterocycles. The molecule has 1 aliphatic rings. The molecule has 1 aromatic carbocycles. The van der Waals surface area contributed by atoms with Gasteiger partial charge in [0.25, 0.3) is 0 Å². The second-order valence-corrected chi connectivity index (χ2v) is 7.22. The van der Waals surface area contributed by atoms with E-state index in [-0.39, 0.29) is 5.95 Å². The number of hydrogen-bond donors (Lipinski definition) is 1. The SMILES string of the molecule is COC(=O)c1cc2c(-c3c(Cl)cc(Cl)c4c3CCO4)nc(N)nc2s1. The van der Waals surface area contributed by atoms with Gasteiger partial charge in [0, 0.05) is 22.9 Å². The van der Waals surface area contributed by atoms with Gasteiger partial charge >= 0.3 is 5.97 Å². The fourth-order valence-corrected chi connectivity index (χ4v) is 4.49. The van der Waals surface area contributed by atoms with Crippen molar-refractivity contribution in [2.24, 2.45) is 0 Å². The summed E-state index contributed by atoms with van der Waals surface area (Å²) in [7, 11) is 1.33. The van der Waals surface area contributed by atoms with Crippen molar-refractivity contribution >= 4 is 56.7 Å². The highest BCUT2D eigenvalue weighted by molar-refractivity contribution is 7.20. The molecule has 4 rings (SSSR count). The van der Waals surface area contributed by atoms with Gasteiger partial charge in [-0.3, -0.25) is 0 Å². The van der Waals surface area contributed by atoms with Crippen LogP contribution in [0, 0.1) is 0 Å². The van der Waals surface area contributed by atoms with Crippen LogP contribution >= 0.6 is 34.5 Å². The molecule has 9 heteroatoms. The average Bonchev–Trinajstić information content (AvgIpc) is 3.20. The van der Waals surface area contributed by atoms with Crippen LogP contribution in [0.2, 0.25) is 10.0 Å². The van der Waals surface area contributed by atoms with Gasteiger partial charge in [0.1, 0.15) is 15.5 Å². The molecule has 0 amide bonds. The van der Waals surface area contributed by atoms with Crippen molar-refractivity contribution in [3.63, 3.8) is 0 Å². The van der Waals surface area contributed by atoms with Gasteiger partial charge in [-0.25, -0.2) is 14.8 Å². The molecule has 0 atom stereocenters. The molecule has 128 valence electrons. The van der Waals surface area contributed by atoms with Crippen LogP contribution in [0.1, 0.15) is 15.2 Å². The zero-order chi connectivity index (χ0) is 17.7. The van der Waals surface area contributed by atoms with Gasteiger partial charge in [0.15, 0.2) is 0 Å². The molecule has 0 saturated carbocycles. The van der Waals surface area contributed by atoms with E-state index < -0.39 is 5.97 Å². The molecule has 0 bridgehead atoms. The van der Waals surface area contributed by atoms with Gasteiger partial charge in [0.2, 0.25) is 5.95 Å². The van der Waals surface area contributed by atoms with Crippen molar-refractivity contribution in [1.29, 1.82) is 0 Å². The summed E-state index contributed by atoms with van der Waals surface area (Å²) in [5, 5.41) is 1.58. The normalized spacial score (nSPS) is 12.9. The van der Waals surface area contributed by atoms with Crippen LogP contribution in [-0.4, -0.2) is 29.7 Å². The fourth-order valence-electron chi connectivity index (χ4n) is 2.89. The Balaban J connectivity index is 2.04. The summed E-state index contributed by atoms with van der Waals surface area (Å²) in [6.45, 7) is 0.517. The molecule has 3 aromatic rings. The van der Waals surface area contributed by atoms with Crippen molar-refractivity contribution in [2.75, 3.05) is 19.5 Å². The predicted molar refractivity (Wildman–Crippen MR) is 97.8 cm³/mol. The van der Waals surface area contributed by atoms with Crippen LogP contribution < -0.4 is 10.5 Å². The first kappa shape index (κ1) is 16.4. The van der Waals surface area contributed by atoms with Crippen molar-refractivity contribution in [3.8, 4) is 17.0 Å². The zero-order valence-corrected chi connectivity index (χ0v) is 15.3. The van der Waals surface area contributed by atoms with Crippen molar-refractivity contribution < 1.29 is 14.3 Å². The Kier molecular flexibility index (Phi) is 3.94. The quantitative estimate of drug-likeness (QED) is 0.660. The Labute approximate surface area is 156 Å². The second-order valence-electron chi connectivity index (χ2n) is 5.37. The van der Waals surface area contributed by atoms with Crippen LogP contribution in [-0.2, 0) is 11.2 Å². The number of nitrogens with zero attached hydrogens (tertiary/aromatic N) is 2. The van der Waals surface area contributed by atoms with E-state index in [0.717, 1.165) is 5.56 Å². The van der Waals surface area contributed by atoms with Crippen molar-refractivity contribution in [3.05, 3.63) is 32.6 Å². The number of aromatic nitrogens is 2. The Morgan fingerprint density at radius 2 is 2.12 bits per heavy atom. The summed E-state index contributed by atoms with van der Waals surface area (Å²) in [5.74, 6) is 0.262. The van der Waals surface area contributed by atoms with Crippen LogP contribution in [0.5, 0.6) is 5.75 Å². The first-order valence-electron chi connectivity index (χ1n) is 7.29. The largest absolute Gasteiger partial charge is 0.491 e. The van der Waals surface area contributed by atoms with Crippen LogP contribution in [0.3, 0.4) is 0 Å². The van der Waals surface area contributed by atoms with Crippen molar-refractivity contribution in [2.45, 2.75) is 6.42 Å². The Morgan fingerprint density at radius 3 is 2.88 bits per heavy atom. The monoisotopic (exact) mass is 395 g/mol. The van der Waals surface area contributed by atoms with E-state index >= 15 is 0 Å². The van der Waals surface area contributed by atoms with E-state index in [2.05, 4.69) is 9.97 Å². The summed E-state index contributed by atoms with van der Waals surface area (Å²) < 4.78 is 10.4. The van der Waals surface area contributed by atoms with Crippen molar-refractivity contribution in [1.82, 2.24) is 9.97 Å². The highest BCUT2D eigenvalue weighted by Crippen LogP contribution is 2.46. The average molecular weight is 396 g/mol. The van der Waals surface area contributed by atoms with Crippen LogP contribution in [0.4, 0.5) is 5.95 Å². The minimum absolute atomic E-state index is 0.0967. The summed E-state index contributed by atoms with van der Waals surface area (Å²) in [6, 6.07) is 3.31. The molecule has 0 radical (unpaired) electrons. The summed E-state index contributed by atoms with van der Waals surface area (Å²) >= 11 is 13.9. The number of hydrogen-bond acceptors (Lipinski definition) is 7. The molecule has 2 aromatic heterocycles. The predicted octanol–water partition coefficient (Wildman–Crippen LogP) is 3.97. The topological polar surface area (TPSA) is 87.3 Å². The lowest BCUT2D eigenvalue weighted by Crippen LogP contribution is -1.99. The van der Waals surface area contributed by atoms with Crippen LogP contribution in [0.25, 0.3) is 21.5 Å². The number of ether oxygens (including phenoxy) is 2. The van der Waals surface area contributed by atoms with Gasteiger partial charge in [-0.05, 0) is 12.1 Å². The van der Waals surface area contributed by atoms with E-state index in [1.54, 1.807) is 12.1 Å². The van der Waals surface area contributed by atoms with E-state index in [9.17, 15) is 4.79 Å². The standard InChI is InChI=1S/C16H11Cl2N3O3S/c1-23-15(22)10-4-7-12(20-16(19)21-14(7)25-10)11-6-2-3-24-13(6)9(18)5-8(11)17/h4-5H,2-3H2,1H3,(H2,19,20,21). The smallest absolute Gasteiger partial charge is 0.348 e. The van der Waals surface area contributed by atoms with Gasteiger partial charge in [0.05, 0.1) is 29.5 Å². The number of halogens is 2. The lowest BCUT2D eigenvalue weighted by atomic mass is 10.00. The molecule has 0 unspecified atom stereocenters. The molecule has 1 aliphatic heterocycles. The third-order valence-electron chi connectivity index (χ3n) is 3.92. The first-order chi connectivity index (χ1) is 12.0. The van der Waals surface area contributed by atoms with E-state index in [4.69, 9.17) is 38.4 Å². The summed E-state index contributed by atoms with van der Waals surface area (Å²) in [4.78, 5) is 21.5. The molecule has 25 heavy (non-hydrogen) atoms. The van der Waals surface area contributed by atoms with E-state index in [0.29, 0.717) is 55.2 Å². The number of thiophene rings is 1. The molecular weight excluding hydrogens is 385 g/mol. The minimum Gasteiger partial charge on any atom is -0.491 e. The molecule has 0 saturated heterocycles. The van der Waals surface area contributed by atoms with Gasteiger partial charge in [-0.15, -0.1) is 11.3 Å². The lowest BCUT2D eigenvalue weighted by molar-refractivity contribution is 0.0606. The summed E-state index contributed by atoms with van der Waals surface area (Å²) in [5.41, 5.74) is 8.00. The molecule has 6 nitrogen and oxygen atoms in total. The number of nitrogen functional groups attached to an aromatic ring is 1. The number of esters is 1. The number of methoxy groups -OCH3 is 1. The first-order valence-corrected chi connectivity index (χ1v) is 8.86. The molecule has 0 spiro atoms. The maximum atomic E-state index is 11.9. The number of fused-ring (bicyclic) bond motifs is 2. The number of benzene rings is 1. The second kappa shape index (κ2) is 6.01. The minimum atomic E-state index is -0.441. The molecule has 0 aliphatic carbocycles. The maximum Gasteiger partial charge on any atom is 0.348 e. The highest BCUT2D eigenvalue weighted by Gasteiger charge is 2.26. The zero-order valence-electron chi connectivity index (χ0n) is 12.9. The maximum absolute atomic E-state index is 11.9. The van der Waals surface area contributed by atoms with Crippen LogP contribution in [0.15, 0.2) is 12.1 Å². The molecular formula is C16H11Cl2N3O3S. The number of nitrogens with two attached hydrogens (primary N) is 1. The number of carbonyl (C=O) groups excluding carboxylic acids is 1. The van der Waals surface area contributed by atoms with Gasteiger partial charge < -0.3 is 15.2 Å². The molecule has 0 fully saturated rings. The third kappa shape index (κ3) is 2.59.